The number of anilines is 1. The van der Waals surface area contributed by atoms with Crippen LogP contribution in [-0.2, 0) is 4.74 Å². The monoisotopic (exact) mass is 464 g/mol. The molecule has 1 aromatic heterocycles. The summed E-state index contributed by atoms with van der Waals surface area (Å²) < 4.78 is 5.40. The van der Waals surface area contributed by atoms with Crippen LogP contribution in [0.1, 0.15) is 34.3 Å². The number of nitrogens with two attached hydrogens (primary N) is 1. The number of carbonyl (C=O) groups excluding carboxylic acids is 1. The van der Waals surface area contributed by atoms with E-state index in [1.807, 2.05) is 48.5 Å². The quantitative estimate of drug-likeness (QED) is 0.307. The van der Waals surface area contributed by atoms with Gasteiger partial charge in [0.05, 0.1) is 4.92 Å². The highest BCUT2D eigenvalue weighted by atomic mass is 16.6. The van der Waals surface area contributed by atoms with E-state index >= 15 is 0 Å². The summed E-state index contributed by atoms with van der Waals surface area (Å²) >= 11 is 0. The van der Waals surface area contributed by atoms with Gasteiger partial charge in [0.1, 0.15) is 18.8 Å². The number of nitrogen functional groups attached to an aromatic ring is 1. The molecule has 1 aliphatic rings. The first kappa shape index (κ1) is 23.1. The number of alkyl carbamates (subject to hydrolysis) is 1. The zero-order chi connectivity index (χ0) is 24.4. The summed E-state index contributed by atoms with van der Waals surface area (Å²) in [7, 11) is 0. The molecule has 10 nitrogen and oxygen atoms in total. The summed E-state index contributed by atoms with van der Waals surface area (Å²) in [6.45, 7) is 1.17. The zero-order valence-electron chi connectivity index (χ0n) is 18.3. The van der Waals surface area contributed by atoms with Crippen molar-refractivity contribution in [1.82, 2.24) is 10.3 Å². The normalized spacial score (nSPS) is 14.1. The Morgan fingerprint density at radius 1 is 1.18 bits per heavy atom. The van der Waals surface area contributed by atoms with Gasteiger partial charge in [0.2, 0.25) is 5.82 Å². The van der Waals surface area contributed by atoms with E-state index in [0.717, 1.165) is 22.3 Å². The van der Waals surface area contributed by atoms with Crippen molar-refractivity contribution >= 4 is 17.6 Å². The second-order valence-corrected chi connectivity index (χ2v) is 8.05. The van der Waals surface area contributed by atoms with Crippen LogP contribution in [0.3, 0.4) is 0 Å². The highest BCUT2D eigenvalue weighted by Crippen LogP contribution is 2.44. The third kappa shape index (κ3) is 4.28. The number of hydrogen-bond acceptors (Lipinski definition) is 8. The average Bonchev–Trinajstić information content (AvgIpc) is 3.14. The molecule has 0 aliphatic heterocycles. The lowest BCUT2D eigenvalue weighted by atomic mass is 9.98. The highest BCUT2D eigenvalue weighted by Gasteiger charge is 2.30. The molecule has 5 N–H and O–H groups in total. The van der Waals surface area contributed by atoms with Crippen LogP contribution in [0.15, 0.2) is 54.7 Å². The van der Waals surface area contributed by atoms with Crippen LogP contribution in [0.25, 0.3) is 11.1 Å². The van der Waals surface area contributed by atoms with E-state index in [4.69, 9.17) is 10.5 Å². The summed E-state index contributed by atoms with van der Waals surface area (Å²) in [4.78, 5) is 26.5. The van der Waals surface area contributed by atoms with Crippen molar-refractivity contribution in [3.05, 3.63) is 87.1 Å². The van der Waals surface area contributed by atoms with Crippen molar-refractivity contribution < 1.29 is 24.7 Å². The van der Waals surface area contributed by atoms with Gasteiger partial charge in [0.15, 0.2) is 0 Å². The Balaban J connectivity index is 1.37. The molecule has 2 unspecified atom stereocenters. The Kier molecular flexibility index (Phi) is 6.44. The van der Waals surface area contributed by atoms with Gasteiger partial charge < -0.3 is 26.0 Å². The van der Waals surface area contributed by atoms with Gasteiger partial charge in [-0.15, -0.1) is 0 Å². The van der Waals surface area contributed by atoms with Crippen molar-refractivity contribution in [2.24, 2.45) is 0 Å². The molecule has 3 aromatic rings. The van der Waals surface area contributed by atoms with Crippen LogP contribution >= 0.6 is 0 Å². The third-order valence-corrected chi connectivity index (χ3v) is 6.04. The van der Waals surface area contributed by atoms with Crippen LogP contribution in [-0.4, -0.2) is 45.5 Å². The predicted molar refractivity (Wildman–Crippen MR) is 124 cm³/mol. The van der Waals surface area contributed by atoms with E-state index < -0.39 is 28.9 Å². The van der Waals surface area contributed by atoms with E-state index in [0.29, 0.717) is 0 Å². The predicted octanol–water partition coefficient (Wildman–Crippen LogP) is 2.81. The molecule has 0 bridgehead atoms. The SMILES string of the molecule is Cc1c(C(O)C(O)CNC(=O)OCC2c3ccccc3-c3ccccc32)cnc(N)c1[N+](=O)[O-]. The summed E-state index contributed by atoms with van der Waals surface area (Å²) in [5, 5.41) is 34.4. The lowest BCUT2D eigenvalue weighted by Crippen LogP contribution is -2.36. The molecule has 1 aliphatic carbocycles. The van der Waals surface area contributed by atoms with Gasteiger partial charge >= 0.3 is 11.8 Å². The molecule has 0 radical (unpaired) electrons. The fourth-order valence-electron chi connectivity index (χ4n) is 4.31. The summed E-state index contributed by atoms with van der Waals surface area (Å²) in [5.41, 5.74) is 9.58. The molecule has 1 amide bonds. The number of carbonyl (C=O) groups is 1. The molecule has 4 rings (SSSR count). The maximum Gasteiger partial charge on any atom is 0.407 e. The van der Waals surface area contributed by atoms with Crippen molar-refractivity contribution in [2.45, 2.75) is 25.0 Å². The number of benzene rings is 2. The van der Waals surface area contributed by atoms with Crippen LogP contribution in [0, 0.1) is 17.0 Å². The number of aromatic nitrogens is 1. The van der Waals surface area contributed by atoms with E-state index in [9.17, 15) is 25.1 Å². The van der Waals surface area contributed by atoms with Gasteiger partial charge in [-0.2, -0.15) is 0 Å². The van der Waals surface area contributed by atoms with Gasteiger partial charge in [-0.05, 0) is 29.2 Å². The number of ether oxygens (including phenoxy) is 1. The average molecular weight is 464 g/mol. The topological polar surface area (TPSA) is 161 Å². The number of aliphatic hydroxyl groups excluding tert-OH is 2. The molecule has 2 atom stereocenters. The van der Waals surface area contributed by atoms with Crippen LogP contribution in [0.5, 0.6) is 0 Å². The summed E-state index contributed by atoms with van der Waals surface area (Å²) in [5.74, 6) is -0.401. The Morgan fingerprint density at radius 3 is 2.35 bits per heavy atom. The molecule has 176 valence electrons. The van der Waals surface area contributed by atoms with Gasteiger partial charge in [-0.1, -0.05) is 48.5 Å². The van der Waals surface area contributed by atoms with Gasteiger partial charge in [0.25, 0.3) is 0 Å². The number of pyridine rings is 1. The maximum absolute atomic E-state index is 12.3. The number of nitrogens with one attached hydrogen (secondary N) is 1. The first-order valence-corrected chi connectivity index (χ1v) is 10.6. The molecule has 0 saturated heterocycles. The van der Waals surface area contributed by atoms with Crippen molar-refractivity contribution in [3.63, 3.8) is 0 Å². The number of hydrogen-bond donors (Lipinski definition) is 4. The third-order valence-electron chi connectivity index (χ3n) is 6.04. The lowest BCUT2D eigenvalue weighted by molar-refractivity contribution is -0.384. The maximum atomic E-state index is 12.3. The first-order chi connectivity index (χ1) is 16.3. The number of fused-ring (bicyclic) bond motifs is 3. The minimum Gasteiger partial charge on any atom is -0.449 e. The largest absolute Gasteiger partial charge is 0.449 e. The van der Waals surface area contributed by atoms with Crippen LogP contribution in [0.4, 0.5) is 16.3 Å². The van der Waals surface area contributed by atoms with Crippen molar-refractivity contribution in [3.8, 4) is 11.1 Å². The number of rotatable bonds is 7. The fourth-order valence-corrected chi connectivity index (χ4v) is 4.31. The molecule has 0 spiro atoms. The number of aliphatic hydroxyl groups is 2. The molecule has 10 heteroatoms. The molecule has 34 heavy (non-hydrogen) atoms. The van der Waals surface area contributed by atoms with Crippen molar-refractivity contribution in [1.29, 1.82) is 0 Å². The Labute approximate surface area is 195 Å². The summed E-state index contributed by atoms with van der Waals surface area (Å²) in [6.07, 6.45) is -2.57. The lowest BCUT2D eigenvalue weighted by Gasteiger charge is -2.20. The van der Waals surface area contributed by atoms with Crippen LogP contribution in [0.2, 0.25) is 0 Å². The van der Waals surface area contributed by atoms with E-state index in [-0.39, 0.29) is 36.0 Å². The second kappa shape index (κ2) is 9.46. The van der Waals surface area contributed by atoms with Crippen molar-refractivity contribution in [2.75, 3.05) is 18.9 Å². The zero-order valence-corrected chi connectivity index (χ0v) is 18.3. The summed E-state index contributed by atoms with van der Waals surface area (Å²) in [6, 6.07) is 15.9. The first-order valence-electron chi connectivity index (χ1n) is 10.6. The fraction of sp³-hybridized carbons (Fsp3) is 0.250. The molecule has 0 fully saturated rings. The molecular weight excluding hydrogens is 440 g/mol. The Morgan fingerprint density at radius 2 is 1.76 bits per heavy atom. The smallest absolute Gasteiger partial charge is 0.407 e. The second-order valence-electron chi connectivity index (χ2n) is 8.05. The van der Waals surface area contributed by atoms with Crippen LogP contribution < -0.4 is 11.1 Å². The molecule has 1 heterocycles. The minimum atomic E-state index is -1.53. The van der Waals surface area contributed by atoms with Gasteiger partial charge in [0, 0.05) is 29.8 Å². The van der Waals surface area contributed by atoms with E-state index in [1.54, 1.807) is 0 Å². The number of amides is 1. The molecule has 2 aromatic carbocycles. The Hall–Kier alpha value is -4.02. The highest BCUT2D eigenvalue weighted by molar-refractivity contribution is 5.79. The number of nitrogens with zero attached hydrogens (tertiary/aromatic N) is 2. The molecular formula is C24H24N4O6. The molecule has 0 saturated carbocycles. The van der Waals surface area contributed by atoms with Gasteiger partial charge in [-0.25, -0.2) is 9.78 Å². The minimum absolute atomic E-state index is 0.0442. The van der Waals surface area contributed by atoms with E-state index in [2.05, 4.69) is 10.3 Å². The standard InChI is InChI=1S/C24H24N4O6/c1-13-18(10-26-23(25)21(13)28(32)33)22(30)20(29)11-27-24(31)34-12-19-16-8-4-2-6-14(16)15-7-3-5-9-17(15)19/h2-10,19-20,22,29-30H,11-12H2,1H3,(H2,25,26)(H,27,31). The van der Waals surface area contributed by atoms with E-state index in [1.165, 1.54) is 13.1 Å². The Bertz CT molecular complexity index is 1200. The number of nitro groups is 1. The van der Waals surface area contributed by atoms with Gasteiger partial charge in [-0.3, -0.25) is 10.1 Å².